The van der Waals surface area contributed by atoms with Gasteiger partial charge in [-0.2, -0.15) is 5.10 Å². The maximum absolute atomic E-state index is 14.1. The van der Waals surface area contributed by atoms with Crippen molar-refractivity contribution in [3.05, 3.63) is 131 Å². The summed E-state index contributed by atoms with van der Waals surface area (Å²) >= 11 is 6.52. The van der Waals surface area contributed by atoms with Crippen molar-refractivity contribution in [1.82, 2.24) is 55.3 Å². The number of nitrogens with two attached hydrogens (primary N) is 1. The van der Waals surface area contributed by atoms with Gasteiger partial charge in [-0.25, -0.2) is 24.1 Å². The SMILES string of the molecule is Cc1cccc(-c2[nH]c(CN(Cc3cccc(Cl)c3C)C(=O)OCc3ccc(NC(=O)[C@H](CCCNC(N)=O)NC(=O)C(NC(=O)CCCCCN4C(=O)C=CC4=O)C(C)C)cc3)nc2-c2ccc3ncnn3c2)n1. The number of carbonyl (C=O) groups is 7. The van der Waals surface area contributed by atoms with E-state index in [-0.39, 0.29) is 75.7 Å². The standard InChI is InChI=1S/C53H60ClN13O8/c1-32(2)47(64-44(68)16-6-5-7-26-66-45(69)23-24-46(66)70)51(72)61-41(15-10-25-56-52(55)73)50(71)60-38-20-17-35(18-21-38)30-75-53(74)65(27-36-12-9-13-39(54)34(36)4)29-42-62-48(37-19-22-43-57-31-58-67(43)28-37)49(63-42)40-14-8-11-33(3)59-40/h8-9,11-14,17-24,28,31-32,41,47H,5-7,10,15-16,25-27,29-30H2,1-4H3,(H,60,71)(H,61,72)(H,62,63)(H,64,68)(H3,55,56,73)/t41-,47?/m0/s1. The quantitative estimate of drug-likeness (QED) is 0.0288. The number of hydrogen-bond acceptors (Lipinski definition) is 12. The van der Waals surface area contributed by atoms with Gasteiger partial charge in [0.25, 0.3) is 11.8 Å². The lowest BCUT2D eigenvalue weighted by Crippen LogP contribution is -2.54. The number of aromatic nitrogens is 6. The van der Waals surface area contributed by atoms with Crippen molar-refractivity contribution in [2.45, 2.75) is 98.0 Å². The fourth-order valence-corrected chi connectivity index (χ4v) is 8.48. The molecule has 7 N–H and O–H groups in total. The van der Waals surface area contributed by atoms with Crippen LogP contribution in [0.15, 0.2) is 97.5 Å². The minimum atomic E-state index is -1.07. The number of halogens is 1. The molecule has 7 rings (SSSR count). The third kappa shape index (κ3) is 14.8. The van der Waals surface area contributed by atoms with E-state index >= 15 is 0 Å². The van der Waals surface area contributed by atoms with Gasteiger partial charge >= 0.3 is 12.1 Å². The Kier molecular flexibility index (Phi) is 18.4. The molecular formula is C53H60ClN13O8. The lowest BCUT2D eigenvalue weighted by Gasteiger charge is -2.25. The zero-order valence-electron chi connectivity index (χ0n) is 42.1. The molecule has 1 unspecified atom stereocenters. The molecule has 1 aliphatic heterocycles. The molecule has 1 aliphatic rings. The average molecular weight is 1040 g/mol. The van der Waals surface area contributed by atoms with Gasteiger partial charge in [0.15, 0.2) is 5.65 Å². The molecule has 8 amide bonds. The number of aryl methyl sites for hydroxylation is 1. The molecule has 0 saturated carbocycles. The third-order valence-corrected chi connectivity index (χ3v) is 12.8. The van der Waals surface area contributed by atoms with Gasteiger partial charge in [0.2, 0.25) is 17.7 Å². The highest BCUT2D eigenvalue weighted by atomic mass is 35.5. The Morgan fingerprint density at radius 3 is 2.35 bits per heavy atom. The van der Waals surface area contributed by atoms with Gasteiger partial charge in [-0.05, 0) is 105 Å². The van der Waals surface area contributed by atoms with E-state index < -0.39 is 36.0 Å². The Hall–Kier alpha value is -8.46. The number of benzene rings is 2. The van der Waals surface area contributed by atoms with E-state index in [0.29, 0.717) is 64.1 Å². The number of nitrogens with one attached hydrogen (secondary N) is 5. The number of carbonyl (C=O) groups excluding carboxylic acids is 7. The van der Waals surface area contributed by atoms with E-state index in [4.69, 9.17) is 32.0 Å². The molecule has 0 saturated heterocycles. The summed E-state index contributed by atoms with van der Waals surface area (Å²) in [5.41, 5.74) is 12.0. The summed E-state index contributed by atoms with van der Waals surface area (Å²) in [5.74, 6) is -2.08. The predicted molar refractivity (Wildman–Crippen MR) is 279 cm³/mol. The molecule has 0 radical (unpaired) electrons. The number of H-pyrrole nitrogens is 1. The molecule has 2 atom stereocenters. The Bertz CT molecular complexity index is 3060. The van der Waals surface area contributed by atoms with Gasteiger partial charge in [0, 0.05) is 66.4 Å². The fraction of sp³-hybridized carbons (Fsp3) is 0.340. The third-order valence-electron chi connectivity index (χ3n) is 12.4. The Labute approximate surface area is 438 Å². The van der Waals surface area contributed by atoms with Gasteiger partial charge in [-0.1, -0.05) is 62.2 Å². The number of hydrogen-bond donors (Lipinski definition) is 6. The highest BCUT2D eigenvalue weighted by molar-refractivity contribution is 6.31. The monoisotopic (exact) mass is 1040 g/mol. The minimum Gasteiger partial charge on any atom is -0.445 e. The number of aromatic amines is 1. The summed E-state index contributed by atoms with van der Waals surface area (Å²) in [4.78, 5) is 110. The number of fused-ring (bicyclic) bond motifs is 1. The highest BCUT2D eigenvalue weighted by Crippen LogP contribution is 2.31. The summed E-state index contributed by atoms with van der Waals surface area (Å²) in [6.45, 7) is 7.76. The van der Waals surface area contributed by atoms with Gasteiger partial charge in [-0.3, -0.25) is 38.8 Å². The first kappa shape index (κ1) is 54.3. The molecule has 0 bridgehead atoms. The fourth-order valence-electron chi connectivity index (χ4n) is 8.29. The number of anilines is 1. The van der Waals surface area contributed by atoms with Gasteiger partial charge < -0.3 is 36.7 Å². The molecule has 6 aromatic rings. The smallest absolute Gasteiger partial charge is 0.410 e. The van der Waals surface area contributed by atoms with Crippen LogP contribution < -0.4 is 27.0 Å². The first-order chi connectivity index (χ1) is 36.0. The molecule has 5 heterocycles. The first-order valence-electron chi connectivity index (χ1n) is 24.6. The number of ether oxygens (including phenoxy) is 1. The van der Waals surface area contributed by atoms with Crippen molar-refractivity contribution in [3.63, 3.8) is 0 Å². The number of urea groups is 1. The average Bonchev–Trinajstić information content (AvgIpc) is 4.12. The maximum Gasteiger partial charge on any atom is 0.410 e. The Morgan fingerprint density at radius 1 is 0.853 bits per heavy atom. The molecular weight excluding hydrogens is 982 g/mol. The highest BCUT2D eigenvalue weighted by Gasteiger charge is 2.30. The van der Waals surface area contributed by atoms with E-state index in [9.17, 15) is 33.6 Å². The molecule has 75 heavy (non-hydrogen) atoms. The first-order valence-corrected chi connectivity index (χ1v) is 25.0. The number of unbranched alkanes of at least 4 members (excludes halogenated alkanes) is 2. The second kappa shape index (κ2) is 25.5. The van der Waals surface area contributed by atoms with Crippen LogP contribution in [0.4, 0.5) is 15.3 Å². The number of imide groups is 1. The van der Waals surface area contributed by atoms with E-state index in [1.165, 1.54) is 23.4 Å². The summed E-state index contributed by atoms with van der Waals surface area (Å²) in [5, 5.41) is 15.7. The zero-order valence-corrected chi connectivity index (χ0v) is 42.9. The van der Waals surface area contributed by atoms with Crippen LogP contribution in [-0.2, 0) is 48.4 Å². The molecule has 392 valence electrons. The van der Waals surface area contributed by atoms with E-state index in [0.717, 1.165) is 27.3 Å². The van der Waals surface area contributed by atoms with E-state index in [1.54, 1.807) is 48.7 Å². The Balaban J connectivity index is 0.997. The number of pyridine rings is 2. The van der Waals surface area contributed by atoms with Gasteiger partial charge in [0.05, 0.1) is 23.6 Å². The van der Waals surface area contributed by atoms with Crippen LogP contribution in [0.2, 0.25) is 5.02 Å². The number of amides is 8. The van der Waals surface area contributed by atoms with E-state index in [2.05, 4.69) is 36.3 Å². The van der Waals surface area contributed by atoms with Crippen molar-refractivity contribution in [2.75, 3.05) is 18.4 Å². The van der Waals surface area contributed by atoms with Crippen LogP contribution in [-0.4, -0.2) is 106 Å². The number of nitrogens with zero attached hydrogens (tertiary/aromatic N) is 7. The largest absolute Gasteiger partial charge is 0.445 e. The molecule has 4 aromatic heterocycles. The lowest BCUT2D eigenvalue weighted by atomic mass is 10.0. The second-order valence-electron chi connectivity index (χ2n) is 18.4. The van der Waals surface area contributed by atoms with Crippen LogP contribution in [0.3, 0.4) is 0 Å². The molecule has 0 fully saturated rings. The van der Waals surface area contributed by atoms with Crippen molar-refractivity contribution >= 4 is 64.6 Å². The van der Waals surface area contributed by atoms with Crippen molar-refractivity contribution in [1.29, 1.82) is 0 Å². The topological polar surface area (TPSA) is 281 Å². The van der Waals surface area contributed by atoms with Crippen LogP contribution >= 0.6 is 11.6 Å². The number of rotatable bonds is 24. The van der Waals surface area contributed by atoms with Crippen LogP contribution in [0.5, 0.6) is 0 Å². The van der Waals surface area contributed by atoms with Crippen molar-refractivity contribution < 1.29 is 38.3 Å². The van der Waals surface area contributed by atoms with Crippen molar-refractivity contribution in [2.24, 2.45) is 11.7 Å². The summed E-state index contributed by atoms with van der Waals surface area (Å²) in [6, 6.07) is 18.8. The van der Waals surface area contributed by atoms with Crippen LogP contribution in [0.25, 0.3) is 28.3 Å². The second-order valence-corrected chi connectivity index (χ2v) is 18.8. The van der Waals surface area contributed by atoms with Crippen LogP contribution in [0, 0.1) is 19.8 Å². The van der Waals surface area contributed by atoms with Gasteiger partial charge in [0.1, 0.15) is 30.8 Å². The minimum absolute atomic E-state index is 0.0217. The lowest BCUT2D eigenvalue weighted by molar-refractivity contribution is -0.137. The molecule has 2 aromatic carbocycles. The molecule has 22 heteroatoms. The zero-order chi connectivity index (χ0) is 53.6. The number of imidazole rings is 1. The summed E-state index contributed by atoms with van der Waals surface area (Å²) < 4.78 is 7.58. The summed E-state index contributed by atoms with van der Waals surface area (Å²) in [6.07, 6.45) is 7.21. The van der Waals surface area contributed by atoms with Gasteiger partial charge in [-0.15, -0.1) is 0 Å². The normalized spacial score (nSPS) is 13.0. The predicted octanol–water partition coefficient (Wildman–Crippen LogP) is 6.29. The maximum atomic E-state index is 14.1. The van der Waals surface area contributed by atoms with Crippen molar-refractivity contribution in [3.8, 4) is 22.6 Å². The van der Waals surface area contributed by atoms with E-state index in [1.807, 2.05) is 62.5 Å². The Morgan fingerprint density at radius 2 is 1.61 bits per heavy atom. The molecule has 0 spiro atoms. The number of primary amides is 1. The molecule has 21 nitrogen and oxygen atoms in total. The molecule has 0 aliphatic carbocycles. The summed E-state index contributed by atoms with van der Waals surface area (Å²) in [7, 11) is 0. The van der Waals surface area contributed by atoms with Crippen LogP contribution in [0.1, 0.15) is 80.6 Å².